The molecule has 1 amide bonds. The number of carbonyl (C=O) groups excluding carboxylic acids is 1. The highest BCUT2D eigenvalue weighted by atomic mass is 79.9. The van der Waals surface area contributed by atoms with Crippen LogP contribution in [-0.2, 0) is 19.7 Å². The summed E-state index contributed by atoms with van der Waals surface area (Å²) in [6, 6.07) is 17.1. The van der Waals surface area contributed by atoms with E-state index in [-0.39, 0.29) is 5.91 Å². The molecule has 1 aromatic heterocycles. The molecular weight excluding hydrogens is 394 g/mol. The van der Waals surface area contributed by atoms with Crippen LogP contribution in [0.2, 0.25) is 0 Å². The summed E-state index contributed by atoms with van der Waals surface area (Å²) < 4.78 is 8.61. The van der Waals surface area contributed by atoms with Crippen LogP contribution in [0, 0.1) is 0 Å². The molecule has 0 fully saturated rings. The van der Waals surface area contributed by atoms with E-state index in [0.717, 1.165) is 28.0 Å². The summed E-state index contributed by atoms with van der Waals surface area (Å²) in [7, 11) is 0. The van der Waals surface area contributed by atoms with Gasteiger partial charge >= 0.3 is 0 Å². The summed E-state index contributed by atoms with van der Waals surface area (Å²) in [5, 5.41) is 7.14. The van der Waals surface area contributed by atoms with E-state index in [1.54, 1.807) is 12.3 Å². The predicted octanol–water partition coefficient (Wildman–Crippen LogP) is 4.17. The number of aryl methyl sites for hydroxylation is 1. The number of hydrogen-bond acceptors (Lipinski definition) is 3. The molecule has 0 aliphatic rings. The third-order valence-corrected chi connectivity index (χ3v) is 4.42. The highest BCUT2D eigenvalue weighted by Gasteiger charge is 2.08. The van der Waals surface area contributed by atoms with E-state index in [1.807, 2.05) is 60.1 Å². The SMILES string of the molecule is CCn1nccc1CNC(=O)c1cccc(COc2cccc(Br)c2)c1. The molecule has 5 nitrogen and oxygen atoms in total. The van der Waals surface area contributed by atoms with E-state index in [9.17, 15) is 4.79 Å². The van der Waals surface area contributed by atoms with Crippen LogP contribution < -0.4 is 10.1 Å². The quantitative estimate of drug-likeness (QED) is 0.631. The van der Waals surface area contributed by atoms with Gasteiger partial charge in [0, 0.05) is 22.8 Å². The lowest BCUT2D eigenvalue weighted by molar-refractivity contribution is 0.0949. The molecule has 0 aliphatic carbocycles. The average molecular weight is 414 g/mol. The molecule has 134 valence electrons. The number of aromatic nitrogens is 2. The van der Waals surface area contributed by atoms with Gasteiger partial charge < -0.3 is 10.1 Å². The molecule has 0 radical (unpaired) electrons. The van der Waals surface area contributed by atoms with Crippen LogP contribution in [-0.4, -0.2) is 15.7 Å². The fourth-order valence-electron chi connectivity index (χ4n) is 2.59. The second kappa shape index (κ2) is 8.67. The minimum absolute atomic E-state index is 0.113. The van der Waals surface area contributed by atoms with Gasteiger partial charge in [0.15, 0.2) is 0 Å². The van der Waals surface area contributed by atoms with Crippen molar-refractivity contribution in [3.05, 3.63) is 82.1 Å². The molecule has 0 bridgehead atoms. The fourth-order valence-corrected chi connectivity index (χ4v) is 2.97. The molecule has 6 heteroatoms. The molecule has 0 spiro atoms. The van der Waals surface area contributed by atoms with Gasteiger partial charge in [-0.25, -0.2) is 0 Å². The zero-order valence-corrected chi connectivity index (χ0v) is 16.1. The molecule has 0 saturated carbocycles. The van der Waals surface area contributed by atoms with E-state index in [4.69, 9.17) is 4.74 Å². The Kier molecular flexibility index (Phi) is 6.07. The largest absolute Gasteiger partial charge is 0.489 e. The Morgan fingerprint density at radius 2 is 2.04 bits per heavy atom. The molecule has 0 saturated heterocycles. The second-order valence-electron chi connectivity index (χ2n) is 5.77. The predicted molar refractivity (Wildman–Crippen MR) is 104 cm³/mol. The van der Waals surface area contributed by atoms with Crippen molar-refractivity contribution in [1.29, 1.82) is 0 Å². The van der Waals surface area contributed by atoms with Gasteiger partial charge in [-0.2, -0.15) is 5.10 Å². The van der Waals surface area contributed by atoms with Crippen molar-refractivity contribution >= 4 is 21.8 Å². The van der Waals surface area contributed by atoms with E-state index < -0.39 is 0 Å². The topological polar surface area (TPSA) is 56.2 Å². The first-order valence-electron chi connectivity index (χ1n) is 8.42. The maximum absolute atomic E-state index is 12.4. The van der Waals surface area contributed by atoms with Crippen LogP contribution in [0.25, 0.3) is 0 Å². The fraction of sp³-hybridized carbons (Fsp3) is 0.200. The maximum atomic E-state index is 12.4. The van der Waals surface area contributed by atoms with Crippen LogP contribution in [0.4, 0.5) is 0 Å². The molecule has 26 heavy (non-hydrogen) atoms. The maximum Gasteiger partial charge on any atom is 0.251 e. The Bertz CT molecular complexity index is 892. The second-order valence-corrected chi connectivity index (χ2v) is 6.68. The standard InChI is InChI=1S/C20H20BrN3O2/c1-2-24-18(9-10-23-24)13-22-20(25)16-6-3-5-15(11-16)14-26-19-8-4-7-17(21)12-19/h3-12H,2,13-14H2,1H3,(H,22,25). The van der Waals surface area contributed by atoms with Crippen molar-refractivity contribution in [3.63, 3.8) is 0 Å². The van der Waals surface area contributed by atoms with Crippen molar-refractivity contribution in [2.45, 2.75) is 26.6 Å². The van der Waals surface area contributed by atoms with Gasteiger partial charge in [-0.05, 0) is 48.9 Å². The van der Waals surface area contributed by atoms with Crippen LogP contribution in [0.5, 0.6) is 5.75 Å². The Morgan fingerprint density at radius 3 is 2.85 bits per heavy atom. The van der Waals surface area contributed by atoms with E-state index in [1.165, 1.54) is 0 Å². The smallest absolute Gasteiger partial charge is 0.251 e. The Morgan fingerprint density at radius 1 is 1.19 bits per heavy atom. The number of nitrogens with one attached hydrogen (secondary N) is 1. The van der Waals surface area contributed by atoms with Gasteiger partial charge in [0.05, 0.1) is 12.2 Å². The molecule has 0 unspecified atom stereocenters. The summed E-state index contributed by atoms with van der Waals surface area (Å²) in [6.07, 6.45) is 1.74. The Balaban J connectivity index is 1.60. The van der Waals surface area contributed by atoms with Crippen molar-refractivity contribution < 1.29 is 9.53 Å². The van der Waals surface area contributed by atoms with E-state index >= 15 is 0 Å². The molecule has 0 aliphatic heterocycles. The lowest BCUT2D eigenvalue weighted by atomic mass is 10.1. The highest BCUT2D eigenvalue weighted by Crippen LogP contribution is 2.19. The van der Waals surface area contributed by atoms with Gasteiger partial charge in [-0.3, -0.25) is 9.48 Å². The zero-order chi connectivity index (χ0) is 18.4. The van der Waals surface area contributed by atoms with Gasteiger partial charge in [0.2, 0.25) is 0 Å². The zero-order valence-electron chi connectivity index (χ0n) is 14.5. The number of rotatable bonds is 7. The number of ether oxygens (including phenoxy) is 1. The number of halogens is 1. The van der Waals surface area contributed by atoms with E-state index in [0.29, 0.717) is 18.7 Å². The number of amides is 1. The van der Waals surface area contributed by atoms with Crippen molar-refractivity contribution in [2.24, 2.45) is 0 Å². The van der Waals surface area contributed by atoms with Gasteiger partial charge in [-0.15, -0.1) is 0 Å². The number of hydrogen-bond donors (Lipinski definition) is 1. The lowest BCUT2D eigenvalue weighted by Gasteiger charge is -2.09. The first kappa shape index (κ1) is 18.2. The van der Waals surface area contributed by atoms with Gasteiger partial charge in [-0.1, -0.05) is 34.1 Å². The number of nitrogens with zero attached hydrogens (tertiary/aromatic N) is 2. The van der Waals surface area contributed by atoms with Crippen molar-refractivity contribution in [3.8, 4) is 5.75 Å². The summed E-state index contributed by atoms with van der Waals surface area (Å²) in [4.78, 5) is 12.4. The third kappa shape index (κ3) is 4.73. The minimum atomic E-state index is -0.113. The summed E-state index contributed by atoms with van der Waals surface area (Å²) >= 11 is 3.42. The number of carbonyl (C=O) groups is 1. The molecule has 1 N–H and O–H groups in total. The first-order chi connectivity index (χ1) is 12.7. The van der Waals surface area contributed by atoms with E-state index in [2.05, 4.69) is 26.3 Å². The normalized spacial score (nSPS) is 10.5. The molecule has 2 aromatic carbocycles. The molecule has 3 aromatic rings. The highest BCUT2D eigenvalue weighted by molar-refractivity contribution is 9.10. The molecule has 0 atom stereocenters. The summed E-state index contributed by atoms with van der Waals surface area (Å²) in [5.41, 5.74) is 2.54. The monoisotopic (exact) mass is 413 g/mol. The third-order valence-electron chi connectivity index (χ3n) is 3.92. The van der Waals surface area contributed by atoms with Crippen LogP contribution >= 0.6 is 15.9 Å². The minimum Gasteiger partial charge on any atom is -0.489 e. The van der Waals surface area contributed by atoms with Crippen LogP contribution in [0.3, 0.4) is 0 Å². The Labute approximate surface area is 161 Å². The first-order valence-corrected chi connectivity index (χ1v) is 9.21. The lowest BCUT2D eigenvalue weighted by Crippen LogP contribution is -2.24. The number of benzene rings is 2. The summed E-state index contributed by atoms with van der Waals surface area (Å²) in [6.45, 7) is 3.65. The molecule has 3 rings (SSSR count). The Hall–Kier alpha value is -2.60. The van der Waals surface area contributed by atoms with Gasteiger partial charge in [0.1, 0.15) is 12.4 Å². The van der Waals surface area contributed by atoms with Crippen molar-refractivity contribution in [2.75, 3.05) is 0 Å². The van der Waals surface area contributed by atoms with Crippen molar-refractivity contribution in [1.82, 2.24) is 15.1 Å². The molecule has 1 heterocycles. The summed E-state index contributed by atoms with van der Waals surface area (Å²) in [5.74, 6) is 0.667. The van der Waals surface area contributed by atoms with Crippen LogP contribution in [0.1, 0.15) is 28.5 Å². The van der Waals surface area contributed by atoms with Crippen LogP contribution in [0.15, 0.2) is 65.3 Å². The average Bonchev–Trinajstić information content (AvgIpc) is 3.12. The molecular formula is C20H20BrN3O2. The van der Waals surface area contributed by atoms with Gasteiger partial charge in [0.25, 0.3) is 5.91 Å².